The van der Waals surface area contributed by atoms with E-state index in [1.165, 1.54) is 4.90 Å². The quantitative estimate of drug-likeness (QED) is 0.197. The predicted molar refractivity (Wildman–Crippen MR) is 145 cm³/mol. The Hall–Kier alpha value is -5.35. The van der Waals surface area contributed by atoms with E-state index in [0.29, 0.717) is 30.7 Å². The number of para-hydroxylation sites is 1. The van der Waals surface area contributed by atoms with Gasteiger partial charge in [-0.25, -0.2) is 0 Å². The van der Waals surface area contributed by atoms with E-state index in [9.17, 15) is 53.6 Å². The first-order valence-electron chi connectivity index (χ1n) is 12.1. The van der Waals surface area contributed by atoms with Crippen LogP contribution in [0.15, 0.2) is 66.7 Å². The third-order valence-electron chi connectivity index (χ3n) is 5.12. The molecule has 3 rings (SSSR count). The lowest BCUT2D eigenvalue weighted by Crippen LogP contribution is -2.27. The van der Waals surface area contributed by atoms with E-state index in [-0.39, 0.29) is 30.2 Å². The maximum atomic E-state index is 12.8. The maximum Gasteiger partial charge on any atom is 0.416 e. The second-order valence-corrected chi connectivity index (χ2v) is 8.23. The number of nitro groups is 4. The van der Waals surface area contributed by atoms with Gasteiger partial charge < -0.3 is 10.0 Å². The number of phenolic OH excluding ortho intramolecular Hbond substituents is 1. The molecule has 0 aliphatic rings. The fraction of sp³-hybridized carbons (Fsp3) is 0.280. The van der Waals surface area contributed by atoms with Gasteiger partial charge in [0, 0.05) is 49.5 Å². The first kappa shape index (κ1) is 34.7. The van der Waals surface area contributed by atoms with Crippen LogP contribution in [0.2, 0.25) is 0 Å². The summed E-state index contributed by atoms with van der Waals surface area (Å²) in [5, 5.41) is 51.2. The van der Waals surface area contributed by atoms with Crippen LogP contribution in [0.4, 0.5) is 41.6 Å². The fourth-order valence-corrected chi connectivity index (χ4v) is 3.37. The summed E-state index contributed by atoms with van der Waals surface area (Å²) in [4.78, 5) is 40.7. The molecule has 0 saturated carbocycles. The fourth-order valence-electron chi connectivity index (χ4n) is 3.37. The molecule has 0 aliphatic heterocycles. The summed E-state index contributed by atoms with van der Waals surface area (Å²) in [6, 6.07) is 13.8. The number of nitro benzene ring substituents is 4. The molecule has 0 heterocycles. The van der Waals surface area contributed by atoms with Crippen molar-refractivity contribution in [2.45, 2.75) is 32.9 Å². The second-order valence-electron chi connectivity index (χ2n) is 8.23. The first-order valence-corrected chi connectivity index (χ1v) is 12.1. The molecule has 0 amide bonds. The number of non-ortho nitro benzene ring substituents is 2. The molecule has 0 spiro atoms. The van der Waals surface area contributed by atoms with Crippen LogP contribution >= 0.6 is 0 Å². The number of rotatable bonds is 9. The van der Waals surface area contributed by atoms with E-state index >= 15 is 0 Å². The van der Waals surface area contributed by atoms with Gasteiger partial charge in [0.25, 0.3) is 22.7 Å². The Morgan fingerprint density at radius 1 is 0.690 bits per heavy atom. The van der Waals surface area contributed by atoms with Gasteiger partial charge in [-0.15, -0.1) is 0 Å². The van der Waals surface area contributed by atoms with E-state index in [4.69, 9.17) is 5.11 Å². The van der Waals surface area contributed by atoms with Crippen LogP contribution < -0.4 is 4.90 Å². The second kappa shape index (κ2) is 16.0. The van der Waals surface area contributed by atoms with Crippen molar-refractivity contribution in [3.8, 4) is 5.75 Å². The highest BCUT2D eigenvalue weighted by Gasteiger charge is 2.39. The van der Waals surface area contributed by atoms with Crippen LogP contribution in [0.1, 0.15) is 32.3 Å². The van der Waals surface area contributed by atoms with Crippen molar-refractivity contribution < 1.29 is 38.0 Å². The number of phenols is 1. The van der Waals surface area contributed by atoms with Gasteiger partial charge in [-0.2, -0.15) is 13.2 Å². The molecule has 0 aromatic heterocycles. The van der Waals surface area contributed by atoms with Gasteiger partial charge >= 0.3 is 6.18 Å². The molecule has 0 bridgehead atoms. The van der Waals surface area contributed by atoms with Crippen molar-refractivity contribution in [3.05, 3.63) is 113 Å². The van der Waals surface area contributed by atoms with Crippen molar-refractivity contribution >= 4 is 28.4 Å². The highest BCUT2D eigenvalue weighted by molar-refractivity contribution is 5.76. The summed E-state index contributed by atoms with van der Waals surface area (Å²) in [5.74, 6) is 0.322. The number of benzene rings is 3. The Morgan fingerprint density at radius 2 is 1.07 bits per heavy atom. The van der Waals surface area contributed by atoms with Crippen LogP contribution in [0.5, 0.6) is 5.75 Å². The van der Waals surface area contributed by atoms with Crippen LogP contribution in [0.25, 0.3) is 0 Å². The topological polar surface area (TPSA) is 196 Å². The monoisotopic (exact) mass is 597 g/mol. The molecule has 0 fully saturated rings. The van der Waals surface area contributed by atoms with Crippen molar-refractivity contribution in [1.82, 2.24) is 0 Å². The van der Waals surface area contributed by atoms with Crippen molar-refractivity contribution in [2.75, 3.05) is 18.0 Å². The maximum absolute atomic E-state index is 12.8. The average molecular weight is 598 g/mol. The lowest BCUT2D eigenvalue weighted by Gasteiger charge is -2.23. The molecule has 1 N–H and O–H groups in total. The third-order valence-corrected chi connectivity index (χ3v) is 5.12. The summed E-state index contributed by atoms with van der Waals surface area (Å²) in [7, 11) is 0. The lowest BCUT2D eigenvalue weighted by molar-refractivity contribution is -0.393. The number of nitrogens with zero attached hydrogens (tertiary/aromatic N) is 5. The minimum Gasteiger partial charge on any atom is -0.508 e. The Bertz CT molecular complexity index is 1300. The standard InChI is InChI=1S/C13H16F3N3O4.C6H4N2O4.C6H6O/c1-3-5-17(6-4-2)12-10(18(20)21)7-9(13(14,15)16)8-11(12)19(22)23;9-7(10)5-1-2-6(4-3-5)8(11)12;7-6-4-2-1-3-5-6/h7-8H,3-6H2,1-2H3;1-4H;1-5,7H. The smallest absolute Gasteiger partial charge is 0.416 e. The molecule has 0 unspecified atom stereocenters. The van der Waals surface area contributed by atoms with E-state index in [1.807, 2.05) is 6.07 Å². The Morgan fingerprint density at radius 3 is 1.31 bits per heavy atom. The summed E-state index contributed by atoms with van der Waals surface area (Å²) in [5.41, 5.74) is -3.91. The molecule has 0 atom stereocenters. The van der Waals surface area contributed by atoms with Crippen LogP contribution in [0.3, 0.4) is 0 Å². The molecule has 0 aliphatic carbocycles. The van der Waals surface area contributed by atoms with Crippen LogP contribution in [-0.4, -0.2) is 37.9 Å². The SMILES string of the molecule is CCCN(CCC)c1c([N+](=O)[O-])cc(C(F)(F)F)cc1[N+](=O)[O-].O=[N+]([O-])c1ccc([N+](=O)[O-])cc1.Oc1ccccc1. The minimum atomic E-state index is -4.91. The molecule has 3 aromatic rings. The average Bonchev–Trinajstić information content (AvgIpc) is 2.92. The van der Waals surface area contributed by atoms with E-state index in [0.717, 1.165) is 24.3 Å². The van der Waals surface area contributed by atoms with Gasteiger partial charge in [0.2, 0.25) is 0 Å². The van der Waals surface area contributed by atoms with Gasteiger partial charge in [0.15, 0.2) is 5.69 Å². The Kier molecular flexibility index (Phi) is 13.2. The summed E-state index contributed by atoms with van der Waals surface area (Å²) >= 11 is 0. The number of anilines is 1. The summed E-state index contributed by atoms with van der Waals surface area (Å²) < 4.78 is 38.5. The van der Waals surface area contributed by atoms with Crippen molar-refractivity contribution in [2.24, 2.45) is 0 Å². The van der Waals surface area contributed by atoms with E-state index in [1.54, 1.807) is 38.1 Å². The molecular formula is C25H26F3N5O9. The van der Waals surface area contributed by atoms with Crippen LogP contribution in [-0.2, 0) is 6.18 Å². The van der Waals surface area contributed by atoms with Gasteiger partial charge in [-0.3, -0.25) is 40.5 Å². The van der Waals surface area contributed by atoms with Crippen molar-refractivity contribution in [3.63, 3.8) is 0 Å². The zero-order valence-electron chi connectivity index (χ0n) is 22.3. The molecule has 14 nitrogen and oxygen atoms in total. The summed E-state index contributed by atoms with van der Waals surface area (Å²) in [6.45, 7) is 4.07. The lowest BCUT2D eigenvalue weighted by atomic mass is 10.1. The molecule has 17 heteroatoms. The number of alkyl halides is 3. The normalized spacial score (nSPS) is 10.3. The molecule has 3 aromatic carbocycles. The van der Waals surface area contributed by atoms with Crippen LogP contribution in [0, 0.1) is 40.5 Å². The zero-order chi connectivity index (χ0) is 32.0. The number of aromatic hydroxyl groups is 1. The van der Waals surface area contributed by atoms with Gasteiger partial charge in [0.1, 0.15) is 5.75 Å². The molecule has 42 heavy (non-hydrogen) atoms. The zero-order valence-corrected chi connectivity index (χ0v) is 22.3. The third kappa shape index (κ3) is 10.7. The van der Waals surface area contributed by atoms with Gasteiger partial charge in [-0.1, -0.05) is 32.0 Å². The van der Waals surface area contributed by atoms with Crippen molar-refractivity contribution in [1.29, 1.82) is 0 Å². The highest BCUT2D eigenvalue weighted by atomic mass is 19.4. The minimum absolute atomic E-state index is 0.152. The molecule has 226 valence electrons. The molecule has 0 saturated heterocycles. The summed E-state index contributed by atoms with van der Waals surface area (Å²) in [6.07, 6.45) is -3.83. The highest BCUT2D eigenvalue weighted by Crippen LogP contribution is 2.43. The molecule has 0 radical (unpaired) electrons. The predicted octanol–water partition coefficient (Wildman–Crippen LogP) is 7.04. The largest absolute Gasteiger partial charge is 0.508 e. The number of halogens is 3. The first-order chi connectivity index (χ1) is 19.6. The molecular weight excluding hydrogens is 571 g/mol. The van der Waals surface area contributed by atoms with Gasteiger partial charge in [0.05, 0.1) is 25.3 Å². The van der Waals surface area contributed by atoms with Gasteiger partial charge in [-0.05, 0) is 25.0 Å². The Labute approximate surface area is 236 Å². The Balaban J connectivity index is 0.000000380. The van der Waals surface area contributed by atoms with E-state index in [2.05, 4.69) is 0 Å². The number of hydrogen-bond donors (Lipinski definition) is 1. The number of hydrogen-bond acceptors (Lipinski definition) is 10. The van der Waals surface area contributed by atoms with E-state index < -0.39 is 42.8 Å².